The number of benzene rings is 3. The van der Waals surface area contributed by atoms with Crippen LogP contribution in [0.1, 0.15) is 18.1 Å². The molecule has 0 atom stereocenters. The molecule has 0 aromatic heterocycles. The number of nitrogens with zero attached hydrogens (tertiary/aromatic N) is 1. The molecule has 1 fully saturated rings. The highest BCUT2D eigenvalue weighted by Gasteiger charge is 2.37. The number of halogens is 3. The first-order chi connectivity index (χ1) is 17.3. The first-order valence-corrected chi connectivity index (χ1v) is 11.9. The minimum atomic E-state index is -0.872. The van der Waals surface area contributed by atoms with Gasteiger partial charge >= 0.3 is 6.03 Å². The number of imide groups is 2. The third-order valence-electron chi connectivity index (χ3n) is 5.11. The Bertz CT molecular complexity index is 1370. The van der Waals surface area contributed by atoms with Crippen LogP contribution in [0.5, 0.6) is 11.5 Å². The predicted octanol–water partition coefficient (Wildman–Crippen LogP) is 6.29. The average Bonchev–Trinajstić information content (AvgIpc) is 2.82. The lowest BCUT2D eigenvalue weighted by molar-refractivity contribution is -0.122. The van der Waals surface area contributed by atoms with Gasteiger partial charge in [0.2, 0.25) is 0 Å². The van der Waals surface area contributed by atoms with Crippen molar-refractivity contribution >= 4 is 64.4 Å². The molecule has 1 aliphatic heterocycles. The van der Waals surface area contributed by atoms with Crippen molar-refractivity contribution in [2.45, 2.75) is 13.5 Å². The molecule has 0 radical (unpaired) electrons. The number of carbonyl (C=O) groups excluding carboxylic acids is 3. The molecule has 0 spiro atoms. The van der Waals surface area contributed by atoms with E-state index in [0.29, 0.717) is 33.7 Å². The summed E-state index contributed by atoms with van der Waals surface area (Å²) in [5.74, 6) is -0.994. The number of rotatable bonds is 7. The maximum Gasteiger partial charge on any atom is 0.335 e. The monoisotopic (exact) mass is 544 g/mol. The first kappa shape index (κ1) is 25.6. The molecule has 3 aromatic carbocycles. The van der Waals surface area contributed by atoms with Crippen LogP contribution < -0.4 is 19.7 Å². The van der Waals surface area contributed by atoms with Gasteiger partial charge in [-0.3, -0.25) is 14.9 Å². The lowest BCUT2D eigenvalue weighted by atomic mass is 10.1. The average molecular weight is 546 g/mol. The Labute approximate surface area is 222 Å². The van der Waals surface area contributed by atoms with Crippen LogP contribution >= 0.6 is 34.8 Å². The Kier molecular flexibility index (Phi) is 7.84. The minimum absolute atomic E-state index is 0.216. The summed E-state index contributed by atoms with van der Waals surface area (Å²) in [6.07, 6.45) is 1.33. The van der Waals surface area contributed by atoms with Gasteiger partial charge in [0.15, 0.2) is 11.5 Å². The fourth-order valence-electron chi connectivity index (χ4n) is 3.48. The summed E-state index contributed by atoms with van der Waals surface area (Å²) in [7, 11) is 0. The highest BCUT2D eigenvalue weighted by molar-refractivity contribution is 6.39. The molecule has 0 unspecified atom stereocenters. The zero-order valence-corrected chi connectivity index (χ0v) is 21.2. The van der Waals surface area contributed by atoms with Crippen molar-refractivity contribution < 1.29 is 23.9 Å². The largest absolute Gasteiger partial charge is 0.490 e. The van der Waals surface area contributed by atoms with Crippen molar-refractivity contribution in [3.63, 3.8) is 0 Å². The summed E-state index contributed by atoms with van der Waals surface area (Å²) < 4.78 is 11.6. The van der Waals surface area contributed by atoms with Gasteiger partial charge < -0.3 is 9.47 Å². The number of hydrogen-bond acceptors (Lipinski definition) is 5. The van der Waals surface area contributed by atoms with E-state index in [2.05, 4.69) is 5.32 Å². The van der Waals surface area contributed by atoms with E-state index in [-0.39, 0.29) is 22.9 Å². The van der Waals surface area contributed by atoms with Gasteiger partial charge in [-0.05, 0) is 66.6 Å². The standard InChI is InChI=1S/C26H19Cl3N2O5/c1-2-35-22-12-16(11-21(29)23(22)36-14-15-6-8-17(27)9-7-15)10-20-24(32)30-26(34)31(25(20)33)19-5-3-4-18(28)13-19/h3-13H,2,14H2,1H3,(H,30,32,34)/b20-10+. The highest BCUT2D eigenvalue weighted by atomic mass is 35.5. The summed E-state index contributed by atoms with van der Waals surface area (Å²) in [6.45, 7) is 2.34. The van der Waals surface area contributed by atoms with Crippen molar-refractivity contribution in [2.24, 2.45) is 0 Å². The third kappa shape index (κ3) is 5.65. The van der Waals surface area contributed by atoms with Gasteiger partial charge in [-0.15, -0.1) is 0 Å². The number of urea groups is 1. The van der Waals surface area contributed by atoms with Gasteiger partial charge in [0.25, 0.3) is 11.8 Å². The van der Waals surface area contributed by atoms with Crippen LogP contribution in [0.3, 0.4) is 0 Å². The molecule has 0 bridgehead atoms. The molecule has 0 saturated carbocycles. The molecule has 0 aliphatic carbocycles. The third-order valence-corrected chi connectivity index (χ3v) is 5.88. The molecule has 36 heavy (non-hydrogen) atoms. The fourth-order valence-corrected chi connectivity index (χ4v) is 4.07. The van der Waals surface area contributed by atoms with Gasteiger partial charge in [-0.2, -0.15) is 0 Å². The number of hydrogen-bond donors (Lipinski definition) is 1. The Morgan fingerprint density at radius 1 is 0.917 bits per heavy atom. The van der Waals surface area contributed by atoms with E-state index < -0.39 is 17.8 Å². The minimum Gasteiger partial charge on any atom is -0.490 e. The number of carbonyl (C=O) groups is 3. The van der Waals surface area contributed by atoms with E-state index in [1.807, 2.05) is 12.1 Å². The zero-order valence-electron chi connectivity index (χ0n) is 18.9. The SMILES string of the molecule is CCOc1cc(/C=C2\C(=O)NC(=O)N(c3cccc(Cl)c3)C2=O)cc(Cl)c1OCc1ccc(Cl)cc1. The van der Waals surface area contributed by atoms with Gasteiger partial charge in [-0.1, -0.05) is 53.0 Å². The van der Waals surface area contributed by atoms with Crippen molar-refractivity contribution in [1.29, 1.82) is 0 Å². The maximum absolute atomic E-state index is 13.1. The number of barbiturate groups is 1. The second-order valence-electron chi connectivity index (χ2n) is 7.62. The molecular weight excluding hydrogens is 527 g/mol. The summed E-state index contributed by atoms with van der Waals surface area (Å²) >= 11 is 18.4. The lowest BCUT2D eigenvalue weighted by Crippen LogP contribution is -2.54. The van der Waals surface area contributed by atoms with Crippen molar-refractivity contribution in [1.82, 2.24) is 5.32 Å². The van der Waals surface area contributed by atoms with Crippen molar-refractivity contribution in [3.8, 4) is 11.5 Å². The lowest BCUT2D eigenvalue weighted by Gasteiger charge is -2.26. The summed E-state index contributed by atoms with van der Waals surface area (Å²) in [4.78, 5) is 38.9. The molecular formula is C26H19Cl3N2O5. The van der Waals surface area contributed by atoms with Gasteiger partial charge in [0.1, 0.15) is 12.2 Å². The molecule has 1 heterocycles. The van der Waals surface area contributed by atoms with Crippen LogP contribution in [0.4, 0.5) is 10.5 Å². The van der Waals surface area contributed by atoms with Crippen LogP contribution in [-0.4, -0.2) is 24.5 Å². The second-order valence-corrected chi connectivity index (χ2v) is 8.90. The summed E-state index contributed by atoms with van der Waals surface area (Å²) in [5.41, 5.74) is 1.24. The van der Waals surface area contributed by atoms with Gasteiger partial charge in [0.05, 0.1) is 17.3 Å². The topological polar surface area (TPSA) is 84.9 Å². The summed E-state index contributed by atoms with van der Waals surface area (Å²) in [6, 6.07) is 15.6. The van der Waals surface area contributed by atoms with Crippen molar-refractivity contribution in [2.75, 3.05) is 11.5 Å². The normalized spacial score (nSPS) is 14.7. The van der Waals surface area contributed by atoms with Crippen LogP contribution in [0.2, 0.25) is 15.1 Å². The molecule has 1 saturated heterocycles. The predicted molar refractivity (Wildman–Crippen MR) is 139 cm³/mol. The number of ether oxygens (including phenoxy) is 2. The van der Waals surface area contributed by atoms with E-state index in [1.54, 1.807) is 37.3 Å². The van der Waals surface area contributed by atoms with E-state index in [0.717, 1.165) is 10.5 Å². The molecule has 184 valence electrons. The molecule has 3 aromatic rings. The quantitative estimate of drug-likeness (QED) is 0.279. The van der Waals surface area contributed by atoms with Crippen LogP contribution in [0.25, 0.3) is 6.08 Å². The van der Waals surface area contributed by atoms with Crippen molar-refractivity contribution in [3.05, 3.63) is 92.4 Å². The Morgan fingerprint density at radius 3 is 2.36 bits per heavy atom. The molecule has 7 nitrogen and oxygen atoms in total. The Morgan fingerprint density at radius 2 is 1.67 bits per heavy atom. The molecule has 1 aliphatic rings. The van der Waals surface area contributed by atoms with Crippen LogP contribution in [0.15, 0.2) is 66.2 Å². The Balaban J connectivity index is 1.66. The summed E-state index contributed by atoms with van der Waals surface area (Å²) in [5, 5.41) is 3.33. The van der Waals surface area contributed by atoms with E-state index >= 15 is 0 Å². The molecule has 4 amide bonds. The second kappa shape index (κ2) is 11.0. The van der Waals surface area contributed by atoms with Gasteiger partial charge in [0, 0.05) is 10.0 Å². The van der Waals surface area contributed by atoms with E-state index in [9.17, 15) is 14.4 Å². The number of anilines is 1. The zero-order chi connectivity index (χ0) is 25.8. The van der Waals surface area contributed by atoms with E-state index in [4.69, 9.17) is 44.3 Å². The fraction of sp³-hybridized carbons (Fsp3) is 0.115. The van der Waals surface area contributed by atoms with E-state index in [1.165, 1.54) is 24.3 Å². The smallest absolute Gasteiger partial charge is 0.335 e. The molecule has 1 N–H and O–H groups in total. The highest BCUT2D eigenvalue weighted by Crippen LogP contribution is 2.38. The van der Waals surface area contributed by atoms with Crippen LogP contribution in [0, 0.1) is 0 Å². The first-order valence-electron chi connectivity index (χ1n) is 10.8. The number of nitrogens with one attached hydrogen (secondary N) is 1. The van der Waals surface area contributed by atoms with Gasteiger partial charge in [-0.25, -0.2) is 9.69 Å². The Hall–Kier alpha value is -3.52. The molecule has 10 heteroatoms. The number of amides is 4. The van der Waals surface area contributed by atoms with Crippen LogP contribution in [-0.2, 0) is 16.2 Å². The molecule has 4 rings (SSSR count). The maximum atomic E-state index is 13.1.